The molecule has 0 saturated carbocycles. The van der Waals surface area contributed by atoms with Gasteiger partial charge in [-0.15, -0.1) is 4.52 Å². The van der Waals surface area contributed by atoms with Gasteiger partial charge in [-0.05, 0) is 11.0 Å². The van der Waals surface area contributed by atoms with E-state index in [4.69, 9.17) is 4.52 Å². The Balaban J connectivity index is 3.25. The minimum Gasteiger partial charge on any atom is -0.237 e. The second-order valence-corrected chi connectivity index (χ2v) is 3.72. The molecule has 0 N–H and O–H groups in total. The largest absolute Gasteiger partial charge is 0.587 e. The van der Waals surface area contributed by atoms with Crippen molar-refractivity contribution in [3.63, 3.8) is 0 Å². The predicted molar refractivity (Wildman–Crippen MR) is 43.8 cm³/mol. The fraction of sp³-hybridized carbons (Fsp3) is 0.857. The van der Waals surface area contributed by atoms with Gasteiger partial charge in [0.2, 0.25) is 0 Å². The van der Waals surface area contributed by atoms with Gasteiger partial charge in [0.05, 0.1) is 0 Å². The maximum atomic E-state index is 10.7. The van der Waals surface area contributed by atoms with Gasteiger partial charge in [-0.25, -0.2) is 4.79 Å². The molecule has 0 radical (unpaired) electrons. The summed E-state index contributed by atoms with van der Waals surface area (Å²) in [5.74, 6) is 0. The van der Waals surface area contributed by atoms with Crippen LogP contribution in [0.2, 0.25) is 0 Å². The van der Waals surface area contributed by atoms with Crippen molar-refractivity contribution in [2.75, 3.05) is 6.61 Å². The summed E-state index contributed by atoms with van der Waals surface area (Å²) in [7, 11) is -2.05. The fourth-order valence-electron chi connectivity index (χ4n) is 0.590. The highest BCUT2D eigenvalue weighted by Crippen LogP contribution is 2.22. The van der Waals surface area contributed by atoms with Crippen molar-refractivity contribution in [2.24, 2.45) is 0 Å². The Bertz CT molecular complexity index is 145. The number of carbonyl (C=O) groups excluding carboxylic acids is 1. The van der Waals surface area contributed by atoms with Gasteiger partial charge in [-0.1, -0.05) is 19.8 Å². The van der Waals surface area contributed by atoms with Crippen LogP contribution >= 0.6 is 8.03 Å². The lowest BCUT2D eigenvalue weighted by atomic mass is 10.3. The molecular formula is C7H14O3P+. The Morgan fingerprint density at radius 3 is 2.55 bits per heavy atom. The van der Waals surface area contributed by atoms with Gasteiger partial charge < -0.3 is 0 Å². The van der Waals surface area contributed by atoms with E-state index < -0.39 is 8.03 Å². The molecular weight excluding hydrogens is 163 g/mol. The average Bonchev–Trinajstić information content (AvgIpc) is 1.97. The third kappa shape index (κ3) is 6.14. The highest BCUT2D eigenvalue weighted by Gasteiger charge is 2.24. The maximum Gasteiger partial charge on any atom is 0.587 e. The highest BCUT2D eigenvalue weighted by molar-refractivity contribution is 7.58. The molecule has 4 heteroatoms. The molecule has 3 nitrogen and oxygen atoms in total. The topological polar surface area (TPSA) is 43.4 Å². The minimum absolute atomic E-state index is 0.378. The monoisotopic (exact) mass is 177 g/mol. The summed E-state index contributed by atoms with van der Waals surface area (Å²) in [6.07, 6.45) is 3.03. The standard InChI is InChI=1S/C7H14O3P/c1-3-4-5-6-10-11(9)7(2)8/h3-6H2,1-2H3/q+1. The lowest BCUT2D eigenvalue weighted by molar-refractivity contribution is -0.110. The molecule has 0 rings (SSSR count). The Kier molecular flexibility index (Phi) is 6.28. The molecule has 0 aromatic carbocycles. The smallest absolute Gasteiger partial charge is 0.237 e. The first-order valence-corrected chi connectivity index (χ1v) is 4.97. The van der Waals surface area contributed by atoms with Crippen LogP contribution in [0, 0.1) is 0 Å². The summed E-state index contributed by atoms with van der Waals surface area (Å²) < 4.78 is 15.4. The van der Waals surface area contributed by atoms with Crippen LogP contribution in [0.5, 0.6) is 0 Å². The van der Waals surface area contributed by atoms with Crippen LogP contribution in [0.25, 0.3) is 0 Å². The van der Waals surface area contributed by atoms with Crippen molar-refractivity contribution in [1.29, 1.82) is 0 Å². The first-order chi connectivity index (χ1) is 5.18. The van der Waals surface area contributed by atoms with Crippen LogP contribution in [0.15, 0.2) is 0 Å². The SMILES string of the molecule is CCCCCO[P+](=O)C(C)=O. The van der Waals surface area contributed by atoms with Crippen LogP contribution in [0.1, 0.15) is 33.1 Å². The molecule has 0 aliphatic carbocycles. The molecule has 0 aliphatic rings. The normalized spacial score (nSPS) is 11.3. The molecule has 0 spiro atoms. The van der Waals surface area contributed by atoms with Crippen molar-refractivity contribution in [1.82, 2.24) is 0 Å². The van der Waals surface area contributed by atoms with E-state index in [-0.39, 0.29) is 5.52 Å². The van der Waals surface area contributed by atoms with Crippen molar-refractivity contribution in [3.05, 3.63) is 0 Å². The predicted octanol–water partition coefficient (Wildman–Crippen LogP) is 2.48. The Morgan fingerprint density at radius 1 is 1.45 bits per heavy atom. The van der Waals surface area contributed by atoms with E-state index in [1.54, 1.807) is 0 Å². The number of hydrogen-bond acceptors (Lipinski definition) is 3. The summed E-state index contributed by atoms with van der Waals surface area (Å²) in [4.78, 5) is 10.4. The summed E-state index contributed by atoms with van der Waals surface area (Å²) in [6, 6.07) is 0. The fourth-order valence-corrected chi connectivity index (χ4v) is 1.07. The van der Waals surface area contributed by atoms with Gasteiger partial charge in [-0.2, -0.15) is 0 Å². The van der Waals surface area contributed by atoms with Crippen molar-refractivity contribution in [2.45, 2.75) is 33.1 Å². The zero-order chi connectivity index (χ0) is 8.69. The third-order valence-corrected chi connectivity index (χ3v) is 2.14. The first-order valence-electron chi connectivity index (χ1n) is 3.79. The van der Waals surface area contributed by atoms with Gasteiger partial charge in [-0.3, -0.25) is 0 Å². The molecule has 0 saturated heterocycles. The molecule has 0 heterocycles. The molecule has 0 fully saturated rings. The summed E-state index contributed by atoms with van der Waals surface area (Å²) in [5, 5.41) is 0. The molecule has 1 atom stereocenters. The second kappa shape index (κ2) is 6.44. The maximum absolute atomic E-state index is 10.7. The van der Waals surface area contributed by atoms with E-state index >= 15 is 0 Å². The van der Waals surface area contributed by atoms with Gasteiger partial charge in [0.1, 0.15) is 6.61 Å². The molecule has 11 heavy (non-hydrogen) atoms. The van der Waals surface area contributed by atoms with Gasteiger partial charge in [0.15, 0.2) is 0 Å². The van der Waals surface area contributed by atoms with Crippen molar-refractivity contribution >= 4 is 13.6 Å². The number of carbonyl (C=O) groups is 1. The Hall–Kier alpha value is -0.270. The zero-order valence-electron chi connectivity index (χ0n) is 7.00. The summed E-state index contributed by atoms with van der Waals surface area (Å²) in [6.45, 7) is 3.78. The molecule has 0 bridgehead atoms. The van der Waals surface area contributed by atoms with E-state index in [9.17, 15) is 9.36 Å². The molecule has 0 aromatic heterocycles. The van der Waals surface area contributed by atoms with Crippen LogP contribution < -0.4 is 0 Å². The highest BCUT2D eigenvalue weighted by atomic mass is 31.1. The molecule has 0 amide bonds. The zero-order valence-corrected chi connectivity index (χ0v) is 7.89. The lowest BCUT2D eigenvalue weighted by Crippen LogP contribution is -1.90. The Labute approximate surface area is 68.0 Å². The van der Waals surface area contributed by atoms with Crippen molar-refractivity contribution in [3.8, 4) is 0 Å². The molecule has 64 valence electrons. The minimum atomic E-state index is -2.05. The average molecular weight is 177 g/mol. The van der Waals surface area contributed by atoms with Crippen LogP contribution in [0.4, 0.5) is 0 Å². The molecule has 0 aromatic rings. The van der Waals surface area contributed by atoms with Crippen LogP contribution in [-0.4, -0.2) is 12.1 Å². The number of rotatable bonds is 6. The summed E-state index contributed by atoms with van der Waals surface area (Å²) >= 11 is 0. The van der Waals surface area contributed by atoms with Gasteiger partial charge >= 0.3 is 13.6 Å². The molecule has 0 aliphatic heterocycles. The van der Waals surface area contributed by atoms with E-state index in [1.807, 2.05) is 0 Å². The third-order valence-electron chi connectivity index (χ3n) is 1.21. The first kappa shape index (κ1) is 10.7. The van der Waals surface area contributed by atoms with Crippen LogP contribution in [0.3, 0.4) is 0 Å². The van der Waals surface area contributed by atoms with Crippen molar-refractivity contribution < 1.29 is 13.9 Å². The second-order valence-electron chi connectivity index (χ2n) is 2.32. The van der Waals surface area contributed by atoms with Crippen LogP contribution in [-0.2, 0) is 13.9 Å². The number of unbranched alkanes of at least 4 members (excludes halogenated alkanes) is 2. The lowest BCUT2D eigenvalue weighted by Gasteiger charge is -1.89. The van der Waals surface area contributed by atoms with E-state index in [1.165, 1.54) is 6.92 Å². The van der Waals surface area contributed by atoms with E-state index in [2.05, 4.69) is 6.92 Å². The van der Waals surface area contributed by atoms with E-state index in [0.29, 0.717) is 6.61 Å². The quantitative estimate of drug-likeness (QED) is 0.462. The number of hydrogen-bond donors (Lipinski definition) is 0. The Morgan fingerprint density at radius 2 is 2.09 bits per heavy atom. The van der Waals surface area contributed by atoms with Gasteiger partial charge in [0.25, 0.3) is 0 Å². The molecule has 1 unspecified atom stereocenters. The summed E-state index contributed by atoms with van der Waals surface area (Å²) in [5.41, 5.74) is -0.378. The van der Waals surface area contributed by atoms with E-state index in [0.717, 1.165) is 19.3 Å². The van der Waals surface area contributed by atoms with Gasteiger partial charge in [0, 0.05) is 6.92 Å².